The predicted octanol–water partition coefficient (Wildman–Crippen LogP) is 2.79. The third-order valence-electron chi connectivity index (χ3n) is 4.12. The zero-order valence-corrected chi connectivity index (χ0v) is 13.8. The maximum absolute atomic E-state index is 13.1. The Morgan fingerprint density at radius 1 is 1.04 bits per heavy atom. The van der Waals surface area contributed by atoms with Crippen LogP contribution in [0.25, 0.3) is 0 Å². The van der Waals surface area contributed by atoms with Crippen molar-refractivity contribution in [3.05, 3.63) is 59.9 Å². The number of para-hydroxylation sites is 2. The van der Waals surface area contributed by atoms with Gasteiger partial charge >= 0.3 is 0 Å². The van der Waals surface area contributed by atoms with Gasteiger partial charge in [0, 0.05) is 18.7 Å². The third-order valence-corrected chi connectivity index (χ3v) is 4.12. The second kappa shape index (κ2) is 7.79. The van der Waals surface area contributed by atoms with Gasteiger partial charge < -0.3 is 15.5 Å². The van der Waals surface area contributed by atoms with Gasteiger partial charge in [0.15, 0.2) is 0 Å². The molecular weight excluding hydrogens is 321 g/mol. The van der Waals surface area contributed by atoms with E-state index in [0.717, 1.165) is 43.4 Å². The van der Waals surface area contributed by atoms with E-state index < -0.39 is 11.7 Å². The highest BCUT2D eigenvalue weighted by molar-refractivity contribution is 6.00. The van der Waals surface area contributed by atoms with Crippen LogP contribution in [0.5, 0.6) is 0 Å². The van der Waals surface area contributed by atoms with Crippen molar-refractivity contribution in [1.29, 1.82) is 0 Å². The first-order chi connectivity index (χ1) is 12.1. The molecule has 0 aliphatic carbocycles. The minimum Gasteiger partial charge on any atom is -0.370 e. The van der Waals surface area contributed by atoms with Gasteiger partial charge in [0.2, 0.25) is 5.91 Å². The molecule has 6 heteroatoms. The summed E-state index contributed by atoms with van der Waals surface area (Å²) in [6, 6.07) is 13.0. The molecule has 0 radical (unpaired) electrons. The third kappa shape index (κ3) is 4.35. The normalized spacial score (nSPS) is 13.6. The van der Waals surface area contributed by atoms with Gasteiger partial charge in [-0.2, -0.15) is 0 Å². The van der Waals surface area contributed by atoms with Crippen molar-refractivity contribution in [3.63, 3.8) is 0 Å². The predicted molar refractivity (Wildman–Crippen MR) is 95.3 cm³/mol. The molecule has 3 rings (SSSR count). The van der Waals surface area contributed by atoms with E-state index in [1.807, 2.05) is 24.3 Å². The number of nitrogens with one attached hydrogen (secondary N) is 2. The van der Waals surface area contributed by atoms with Crippen LogP contribution in [0.4, 0.5) is 15.8 Å². The molecule has 0 spiro atoms. The first kappa shape index (κ1) is 17.0. The number of rotatable bonds is 5. The molecule has 0 bridgehead atoms. The number of hydrogen-bond acceptors (Lipinski definition) is 3. The van der Waals surface area contributed by atoms with E-state index in [4.69, 9.17) is 0 Å². The first-order valence-electron chi connectivity index (χ1n) is 8.31. The van der Waals surface area contributed by atoms with Crippen LogP contribution in [0.15, 0.2) is 48.5 Å². The van der Waals surface area contributed by atoms with E-state index in [1.165, 1.54) is 18.2 Å². The molecule has 2 amide bonds. The van der Waals surface area contributed by atoms with E-state index in [9.17, 15) is 14.0 Å². The zero-order chi connectivity index (χ0) is 17.6. The molecular formula is C19H20FN3O2. The van der Waals surface area contributed by atoms with E-state index >= 15 is 0 Å². The van der Waals surface area contributed by atoms with Gasteiger partial charge in [0.25, 0.3) is 5.91 Å². The van der Waals surface area contributed by atoms with Crippen LogP contribution in [0.3, 0.4) is 0 Å². The second-order valence-electron chi connectivity index (χ2n) is 5.95. The van der Waals surface area contributed by atoms with Crippen molar-refractivity contribution >= 4 is 23.2 Å². The average Bonchev–Trinajstić information content (AvgIpc) is 3.14. The summed E-state index contributed by atoms with van der Waals surface area (Å²) in [5, 5.41) is 5.34. The molecule has 2 aromatic rings. The maximum Gasteiger partial charge on any atom is 0.251 e. The lowest BCUT2D eigenvalue weighted by Crippen LogP contribution is -2.33. The lowest BCUT2D eigenvalue weighted by molar-refractivity contribution is -0.115. The number of carbonyl (C=O) groups is 2. The number of nitrogens with zero attached hydrogens (tertiary/aromatic N) is 1. The summed E-state index contributed by atoms with van der Waals surface area (Å²) in [7, 11) is 0. The Morgan fingerprint density at radius 3 is 2.56 bits per heavy atom. The van der Waals surface area contributed by atoms with Crippen molar-refractivity contribution in [2.45, 2.75) is 12.8 Å². The van der Waals surface area contributed by atoms with Crippen LogP contribution in [-0.2, 0) is 4.79 Å². The fraction of sp³-hybridized carbons (Fsp3) is 0.263. The molecule has 130 valence electrons. The van der Waals surface area contributed by atoms with Gasteiger partial charge in [-0.1, -0.05) is 18.2 Å². The summed E-state index contributed by atoms with van der Waals surface area (Å²) in [6.07, 6.45) is 2.29. The van der Waals surface area contributed by atoms with Gasteiger partial charge in [-0.25, -0.2) is 4.39 Å². The summed E-state index contributed by atoms with van der Waals surface area (Å²) in [5.74, 6) is -1.30. The minimum atomic E-state index is -0.489. The second-order valence-corrected chi connectivity index (χ2v) is 5.95. The Labute approximate surface area is 145 Å². The molecule has 1 aliphatic rings. The van der Waals surface area contributed by atoms with Crippen LogP contribution in [-0.4, -0.2) is 31.4 Å². The molecule has 0 saturated carbocycles. The first-order valence-corrected chi connectivity index (χ1v) is 8.31. The molecule has 0 atom stereocenters. The van der Waals surface area contributed by atoms with Crippen molar-refractivity contribution in [2.75, 3.05) is 29.9 Å². The molecule has 0 unspecified atom stereocenters. The Kier molecular flexibility index (Phi) is 5.28. The van der Waals surface area contributed by atoms with Crippen LogP contribution in [0.1, 0.15) is 23.2 Å². The van der Waals surface area contributed by atoms with Crippen LogP contribution in [0, 0.1) is 5.82 Å². The highest BCUT2D eigenvalue weighted by Gasteiger charge is 2.16. The monoisotopic (exact) mass is 341 g/mol. The van der Waals surface area contributed by atoms with Crippen molar-refractivity contribution < 1.29 is 14.0 Å². The fourth-order valence-corrected chi connectivity index (χ4v) is 2.90. The summed E-state index contributed by atoms with van der Waals surface area (Å²) in [5.41, 5.74) is 1.91. The van der Waals surface area contributed by atoms with Crippen LogP contribution < -0.4 is 15.5 Å². The highest BCUT2D eigenvalue weighted by Crippen LogP contribution is 2.28. The number of carbonyl (C=O) groups excluding carboxylic acids is 2. The van der Waals surface area contributed by atoms with E-state index in [1.54, 1.807) is 0 Å². The average molecular weight is 341 g/mol. The van der Waals surface area contributed by atoms with Gasteiger partial charge in [0.05, 0.1) is 17.9 Å². The summed E-state index contributed by atoms with van der Waals surface area (Å²) >= 11 is 0. The molecule has 25 heavy (non-hydrogen) atoms. The number of anilines is 2. The Bertz CT molecular complexity index is 773. The smallest absolute Gasteiger partial charge is 0.251 e. The van der Waals surface area contributed by atoms with Gasteiger partial charge in [-0.05, 0) is 43.2 Å². The largest absolute Gasteiger partial charge is 0.370 e. The van der Waals surface area contributed by atoms with Crippen LogP contribution in [0.2, 0.25) is 0 Å². The molecule has 1 saturated heterocycles. The number of hydrogen-bond donors (Lipinski definition) is 2. The van der Waals surface area contributed by atoms with E-state index in [-0.39, 0.29) is 18.0 Å². The van der Waals surface area contributed by atoms with Crippen molar-refractivity contribution in [1.82, 2.24) is 5.32 Å². The van der Waals surface area contributed by atoms with Crippen molar-refractivity contribution in [3.8, 4) is 0 Å². The van der Waals surface area contributed by atoms with Gasteiger partial charge in [-0.3, -0.25) is 9.59 Å². The summed E-state index contributed by atoms with van der Waals surface area (Å²) < 4.78 is 13.1. The van der Waals surface area contributed by atoms with Gasteiger partial charge in [-0.15, -0.1) is 0 Å². The van der Waals surface area contributed by atoms with E-state index in [0.29, 0.717) is 0 Å². The molecule has 1 fully saturated rings. The summed E-state index contributed by atoms with van der Waals surface area (Å²) in [6.45, 7) is 1.77. The lowest BCUT2D eigenvalue weighted by Gasteiger charge is -2.21. The molecule has 5 nitrogen and oxygen atoms in total. The fourth-order valence-electron chi connectivity index (χ4n) is 2.90. The topological polar surface area (TPSA) is 61.4 Å². The highest BCUT2D eigenvalue weighted by atomic mass is 19.1. The molecule has 1 aliphatic heterocycles. The number of halogens is 1. The van der Waals surface area contributed by atoms with Gasteiger partial charge in [0.1, 0.15) is 5.82 Å². The molecule has 0 aromatic heterocycles. The Hall–Kier alpha value is -2.89. The summed E-state index contributed by atoms with van der Waals surface area (Å²) in [4.78, 5) is 26.4. The zero-order valence-electron chi connectivity index (χ0n) is 13.8. The van der Waals surface area contributed by atoms with E-state index in [2.05, 4.69) is 15.5 Å². The number of benzene rings is 2. The molecule has 2 aromatic carbocycles. The molecule has 2 N–H and O–H groups in total. The Balaban J connectivity index is 1.59. The SMILES string of the molecule is O=C(CNC(=O)c1cccc(F)c1)Nc1ccccc1N1CCCC1. The van der Waals surface area contributed by atoms with Crippen molar-refractivity contribution in [2.24, 2.45) is 0 Å². The molecule has 1 heterocycles. The standard InChI is InChI=1S/C19H20FN3O2/c20-15-7-5-6-14(12-15)19(25)21-13-18(24)22-16-8-1-2-9-17(16)23-10-3-4-11-23/h1-2,5-9,12H,3-4,10-11,13H2,(H,21,25)(H,22,24). The maximum atomic E-state index is 13.1. The minimum absolute atomic E-state index is 0.177. The quantitative estimate of drug-likeness (QED) is 0.879. The number of amides is 2. The lowest BCUT2D eigenvalue weighted by atomic mass is 10.2. The Morgan fingerprint density at radius 2 is 1.80 bits per heavy atom. The van der Waals surface area contributed by atoms with Crippen LogP contribution >= 0.6 is 0 Å².